The fourth-order valence-corrected chi connectivity index (χ4v) is 3.01. The van der Waals surface area contributed by atoms with Gasteiger partial charge < -0.3 is 0 Å². The zero-order valence-electron chi connectivity index (χ0n) is 16.3. The first-order valence-corrected chi connectivity index (χ1v) is 9.36. The first-order chi connectivity index (χ1) is 13.8. The Bertz CT molecular complexity index is 1110. The molecule has 0 radical (unpaired) electrons. The molecule has 0 aliphatic rings. The van der Waals surface area contributed by atoms with Crippen LogP contribution in [0.25, 0.3) is 33.7 Å². The normalized spacial score (nSPS) is 9.38. The second-order valence-corrected chi connectivity index (χ2v) is 6.36. The molecule has 0 unspecified atom stereocenters. The van der Waals surface area contributed by atoms with Crippen LogP contribution < -0.4 is 0 Å². The zero-order chi connectivity index (χ0) is 19.6. The van der Waals surface area contributed by atoms with Gasteiger partial charge in [-0.2, -0.15) is 42.0 Å². The van der Waals surface area contributed by atoms with E-state index in [2.05, 4.69) is 67.8 Å². The van der Waals surface area contributed by atoms with Crippen molar-refractivity contribution in [1.29, 1.82) is 0 Å². The van der Waals surface area contributed by atoms with Crippen molar-refractivity contribution in [2.75, 3.05) is 0 Å². The molecule has 0 saturated heterocycles. The third-order valence-corrected chi connectivity index (χ3v) is 4.48. The third-order valence-electron chi connectivity index (χ3n) is 4.48. The summed E-state index contributed by atoms with van der Waals surface area (Å²) in [7, 11) is 0. The minimum absolute atomic E-state index is 0. The van der Waals surface area contributed by atoms with Crippen LogP contribution in [0, 0.1) is 0 Å². The van der Waals surface area contributed by atoms with E-state index in [-0.39, 0.29) is 17.1 Å². The Labute approximate surface area is 184 Å². The molecular formula is C28H24Fe. The summed E-state index contributed by atoms with van der Waals surface area (Å²) in [5, 5.41) is 5.12. The van der Waals surface area contributed by atoms with Crippen LogP contribution in [-0.2, 0) is 17.1 Å². The van der Waals surface area contributed by atoms with Crippen molar-refractivity contribution >= 4 is 33.7 Å². The quantitative estimate of drug-likeness (QED) is 0.155. The van der Waals surface area contributed by atoms with Gasteiger partial charge in [0.05, 0.1) is 0 Å². The number of rotatable bonds is 2. The predicted molar refractivity (Wildman–Crippen MR) is 126 cm³/mol. The Kier molecular flexibility index (Phi) is 8.92. The van der Waals surface area contributed by atoms with E-state index in [4.69, 9.17) is 0 Å². The molecule has 0 saturated carbocycles. The SMILES string of the molecule is C=Cc1ccc[cH-]1.C=Cc1cccc2cc3ccccc3cc12.[Fe+2].c1cc[cH-]c1. The van der Waals surface area contributed by atoms with E-state index in [0.717, 1.165) is 0 Å². The molecule has 0 aromatic heterocycles. The summed E-state index contributed by atoms with van der Waals surface area (Å²) in [6.07, 6.45) is 3.75. The first-order valence-electron chi connectivity index (χ1n) is 9.36. The van der Waals surface area contributed by atoms with Crippen molar-refractivity contribution in [1.82, 2.24) is 0 Å². The van der Waals surface area contributed by atoms with Gasteiger partial charge in [-0.3, -0.25) is 0 Å². The summed E-state index contributed by atoms with van der Waals surface area (Å²) in [5.74, 6) is 0. The monoisotopic (exact) mass is 416 g/mol. The Morgan fingerprint density at radius 3 is 1.83 bits per heavy atom. The van der Waals surface area contributed by atoms with Crippen LogP contribution in [0.5, 0.6) is 0 Å². The van der Waals surface area contributed by atoms with Gasteiger partial charge in [-0.1, -0.05) is 55.1 Å². The van der Waals surface area contributed by atoms with Crippen LogP contribution in [0.1, 0.15) is 11.1 Å². The Hall–Kier alpha value is -3.12. The van der Waals surface area contributed by atoms with Gasteiger partial charge in [-0.05, 0) is 39.2 Å². The molecular weight excluding hydrogens is 392 g/mol. The van der Waals surface area contributed by atoms with E-state index in [9.17, 15) is 0 Å². The number of hydrogen-bond acceptors (Lipinski definition) is 0. The molecule has 0 atom stereocenters. The van der Waals surface area contributed by atoms with Gasteiger partial charge in [-0.15, -0.1) is 18.7 Å². The van der Waals surface area contributed by atoms with Crippen molar-refractivity contribution in [3.63, 3.8) is 0 Å². The minimum Gasteiger partial charge on any atom is -0.214 e. The maximum atomic E-state index is 3.86. The van der Waals surface area contributed by atoms with E-state index >= 15 is 0 Å². The van der Waals surface area contributed by atoms with Gasteiger partial charge in [0.15, 0.2) is 0 Å². The molecule has 29 heavy (non-hydrogen) atoms. The van der Waals surface area contributed by atoms with E-state index < -0.39 is 0 Å². The molecule has 0 spiro atoms. The van der Waals surface area contributed by atoms with Gasteiger partial charge in [0, 0.05) is 0 Å². The molecule has 5 aromatic carbocycles. The zero-order valence-corrected chi connectivity index (χ0v) is 17.4. The summed E-state index contributed by atoms with van der Waals surface area (Å²) in [4.78, 5) is 0. The van der Waals surface area contributed by atoms with E-state index in [1.807, 2.05) is 66.7 Å². The largest absolute Gasteiger partial charge is 2.00 e. The molecule has 0 bridgehead atoms. The van der Waals surface area contributed by atoms with Crippen LogP contribution in [0.15, 0.2) is 122 Å². The Morgan fingerprint density at radius 2 is 1.31 bits per heavy atom. The second kappa shape index (κ2) is 11.7. The van der Waals surface area contributed by atoms with Gasteiger partial charge in [0.25, 0.3) is 0 Å². The van der Waals surface area contributed by atoms with Crippen molar-refractivity contribution in [2.24, 2.45) is 0 Å². The number of benzene rings is 3. The average molecular weight is 416 g/mol. The topological polar surface area (TPSA) is 0 Å². The van der Waals surface area contributed by atoms with Crippen LogP contribution >= 0.6 is 0 Å². The molecule has 5 rings (SSSR count). The van der Waals surface area contributed by atoms with Crippen molar-refractivity contribution in [3.8, 4) is 0 Å². The van der Waals surface area contributed by atoms with Gasteiger partial charge in [0.1, 0.15) is 0 Å². The van der Waals surface area contributed by atoms with Crippen LogP contribution in [-0.4, -0.2) is 0 Å². The molecule has 5 aromatic rings. The molecule has 0 N–H and O–H groups in total. The number of hydrogen-bond donors (Lipinski definition) is 0. The molecule has 0 aliphatic carbocycles. The van der Waals surface area contributed by atoms with E-state index in [0.29, 0.717) is 0 Å². The summed E-state index contributed by atoms with van der Waals surface area (Å²) < 4.78 is 0. The fraction of sp³-hybridized carbons (Fsp3) is 0. The van der Waals surface area contributed by atoms with Crippen molar-refractivity contribution in [2.45, 2.75) is 0 Å². The molecule has 0 aliphatic heterocycles. The Balaban J connectivity index is 0.000000191. The van der Waals surface area contributed by atoms with Gasteiger partial charge >= 0.3 is 17.1 Å². The molecule has 144 valence electrons. The van der Waals surface area contributed by atoms with Gasteiger partial charge in [0.2, 0.25) is 0 Å². The fourth-order valence-electron chi connectivity index (χ4n) is 3.01. The van der Waals surface area contributed by atoms with Gasteiger partial charge in [-0.25, -0.2) is 12.1 Å². The van der Waals surface area contributed by atoms with Crippen molar-refractivity contribution in [3.05, 3.63) is 133 Å². The maximum Gasteiger partial charge on any atom is 2.00 e. The minimum atomic E-state index is 0. The molecule has 0 fully saturated rings. The summed E-state index contributed by atoms with van der Waals surface area (Å²) in [5.41, 5.74) is 2.39. The molecule has 1 heteroatoms. The number of fused-ring (bicyclic) bond motifs is 2. The van der Waals surface area contributed by atoms with E-state index in [1.165, 1.54) is 32.7 Å². The first kappa shape index (κ1) is 22.2. The predicted octanol–water partition coefficient (Wildman–Crippen LogP) is 8.09. The molecule has 0 heterocycles. The van der Waals surface area contributed by atoms with Crippen LogP contribution in [0.3, 0.4) is 0 Å². The summed E-state index contributed by atoms with van der Waals surface area (Å²) in [6, 6.07) is 37.3. The second-order valence-electron chi connectivity index (χ2n) is 6.36. The standard InChI is InChI=1S/C16H12.C7H7.C5H5.Fe/c1-2-12-8-5-9-15-10-13-6-3-4-7-14(13)11-16(12)15;1-2-7-5-3-4-6-7;1-2-4-5-3-1;/h2-11H,1H2;2-6H,1H2;1-5H;/q;2*-1;+2. The average Bonchev–Trinajstić information content (AvgIpc) is 3.49. The Morgan fingerprint density at radius 1 is 0.621 bits per heavy atom. The van der Waals surface area contributed by atoms with E-state index in [1.54, 1.807) is 0 Å². The van der Waals surface area contributed by atoms with Crippen LogP contribution in [0.2, 0.25) is 0 Å². The maximum absolute atomic E-state index is 3.86. The molecule has 0 amide bonds. The smallest absolute Gasteiger partial charge is 0.214 e. The summed E-state index contributed by atoms with van der Waals surface area (Å²) in [6.45, 7) is 7.46. The van der Waals surface area contributed by atoms with Crippen LogP contribution in [0.4, 0.5) is 0 Å². The third kappa shape index (κ3) is 6.19. The molecule has 0 nitrogen and oxygen atoms in total. The van der Waals surface area contributed by atoms with Crippen molar-refractivity contribution < 1.29 is 17.1 Å². The summed E-state index contributed by atoms with van der Waals surface area (Å²) >= 11 is 0.